The van der Waals surface area contributed by atoms with Gasteiger partial charge < -0.3 is 10.6 Å². The molecule has 0 aliphatic rings. The predicted octanol–water partition coefficient (Wildman–Crippen LogP) is 4.78. The maximum Gasteiger partial charge on any atom is 0.258 e. The molecule has 0 fully saturated rings. The summed E-state index contributed by atoms with van der Waals surface area (Å²) in [6, 6.07) is 17.4. The number of nitrogens with zero attached hydrogens (tertiary/aromatic N) is 2. The topological polar surface area (TPSA) is 66.9 Å². The van der Waals surface area contributed by atoms with E-state index < -0.39 is 0 Å². The van der Waals surface area contributed by atoms with E-state index in [1.807, 2.05) is 12.1 Å². The summed E-state index contributed by atoms with van der Waals surface area (Å²) in [6.07, 6.45) is 0. The van der Waals surface area contributed by atoms with Gasteiger partial charge >= 0.3 is 0 Å². The van der Waals surface area contributed by atoms with Crippen LogP contribution in [0.15, 0.2) is 60.7 Å². The van der Waals surface area contributed by atoms with Gasteiger partial charge in [0.2, 0.25) is 0 Å². The molecule has 1 aromatic heterocycles. The molecule has 24 heavy (non-hydrogen) atoms. The molecule has 0 unspecified atom stereocenters. The summed E-state index contributed by atoms with van der Waals surface area (Å²) in [5, 5.41) is 14.8. The van der Waals surface area contributed by atoms with Gasteiger partial charge in [-0.15, -0.1) is 10.2 Å². The second-order valence-electron chi connectivity index (χ2n) is 4.87. The van der Waals surface area contributed by atoms with Crippen LogP contribution >= 0.6 is 23.2 Å². The van der Waals surface area contributed by atoms with Gasteiger partial charge in [-0.1, -0.05) is 35.3 Å². The Morgan fingerprint density at radius 1 is 0.833 bits per heavy atom. The maximum atomic E-state index is 12.2. The SMILES string of the molecule is O=C(Nc1ccc(Nc2ccc(Cl)cc2)nn1)c1ccccc1Cl. The van der Waals surface area contributed by atoms with E-state index in [4.69, 9.17) is 23.2 Å². The summed E-state index contributed by atoms with van der Waals surface area (Å²) in [7, 11) is 0. The van der Waals surface area contributed by atoms with Crippen molar-refractivity contribution in [3.05, 3.63) is 76.3 Å². The van der Waals surface area contributed by atoms with Gasteiger partial charge in [-0.05, 0) is 48.5 Å². The van der Waals surface area contributed by atoms with Crippen molar-refractivity contribution in [1.29, 1.82) is 0 Å². The molecule has 5 nitrogen and oxygen atoms in total. The van der Waals surface area contributed by atoms with Gasteiger partial charge in [0, 0.05) is 10.7 Å². The van der Waals surface area contributed by atoms with Gasteiger partial charge in [-0.3, -0.25) is 4.79 Å². The lowest BCUT2D eigenvalue weighted by Crippen LogP contribution is -2.14. The molecule has 2 N–H and O–H groups in total. The average molecular weight is 359 g/mol. The molecular formula is C17H12Cl2N4O. The zero-order valence-corrected chi connectivity index (χ0v) is 13.8. The molecule has 3 rings (SSSR count). The Hall–Kier alpha value is -2.63. The number of rotatable bonds is 4. The third-order valence-corrected chi connectivity index (χ3v) is 3.72. The first-order valence-corrected chi connectivity index (χ1v) is 7.79. The third kappa shape index (κ3) is 4.01. The van der Waals surface area contributed by atoms with E-state index in [9.17, 15) is 4.79 Å². The van der Waals surface area contributed by atoms with Crippen LogP contribution in [0, 0.1) is 0 Å². The molecule has 2 aromatic carbocycles. The monoisotopic (exact) mass is 358 g/mol. The van der Waals surface area contributed by atoms with Crippen LogP contribution in [-0.4, -0.2) is 16.1 Å². The molecule has 0 bridgehead atoms. The molecule has 3 aromatic rings. The highest BCUT2D eigenvalue weighted by Gasteiger charge is 2.10. The van der Waals surface area contributed by atoms with Crippen LogP contribution in [0.5, 0.6) is 0 Å². The molecule has 1 heterocycles. The van der Waals surface area contributed by atoms with Crippen LogP contribution in [0.25, 0.3) is 0 Å². The van der Waals surface area contributed by atoms with Crippen LogP contribution < -0.4 is 10.6 Å². The van der Waals surface area contributed by atoms with Crippen molar-refractivity contribution >= 4 is 46.4 Å². The second-order valence-corrected chi connectivity index (χ2v) is 5.71. The Morgan fingerprint density at radius 3 is 2.17 bits per heavy atom. The van der Waals surface area contributed by atoms with Crippen molar-refractivity contribution in [3.63, 3.8) is 0 Å². The van der Waals surface area contributed by atoms with Crippen molar-refractivity contribution in [2.75, 3.05) is 10.6 Å². The Bertz CT molecular complexity index is 851. The van der Waals surface area contributed by atoms with Crippen LogP contribution in [0.1, 0.15) is 10.4 Å². The molecule has 0 saturated heterocycles. The van der Waals surface area contributed by atoms with Crippen molar-refractivity contribution < 1.29 is 4.79 Å². The van der Waals surface area contributed by atoms with Gasteiger partial charge in [0.25, 0.3) is 5.91 Å². The lowest BCUT2D eigenvalue weighted by molar-refractivity contribution is 0.102. The lowest BCUT2D eigenvalue weighted by atomic mass is 10.2. The van der Waals surface area contributed by atoms with Crippen LogP contribution in [0.3, 0.4) is 0 Å². The van der Waals surface area contributed by atoms with E-state index in [0.29, 0.717) is 27.2 Å². The van der Waals surface area contributed by atoms with E-state index in [2.05, 4.69) is 20.8 Å². The number of nitrogens with one attached hydrogen (secondary N) is 2. The fraction of sp³-hybridized carbons (Fsp3) is 0. The summed E-state index contributed by atoms with van der Waals surface area (Å²) in [4.78, 5) is 12.2. The van der Waals surface area contributed by atoms with Gasteiger partial charge in [-0.2, -0.15) is 0 Å². The van der Waals surface area contributed by atoms with Gasteiger partial charge in [-0.25, -0.2) is 0 Å². The first-order valence-electron chi connectivity index (χ1n) is 7.04. The molecule has 0 spiro atoms. The fourth-order valence-electron chi connectivity index (χ4n) is 1.98. The minimum atomic E-state index is -0.340. The van der Waals surface area contributed by atoms with Gasteiger partial charge in [0.15, 0.2) is 11.6 Å². The second kappa shape index (κ2) is 7.29. The number of anilines is 3. The molecule has 0 saturated carbocycles. The van der Waals surface area contributed by atoms with Crippen molar-refractivity contribution in [1.82, 2.24) is 10.2 Å². The Kier molecular flexibility index (Phi) is 4.93. The predicted molar refractivity (Wildman–Crippen MR) is 96.2 cm³/mol. The van der Waals surface area contributed by atoms with E-state index in [1.165, 1.54) is 0 Å². The summed E-state index contributed by atoms with van der Waals surface area (Å²) >= 11 is 11.8. The summed E-state index contributed by atoms with van der Waals surface area (Å²) < 4.78 is 0. The molecule has 120 valence electrons. The van der Waals surface area contributed by atoms with Crippen LogP contribution in [-0.2, 0) is 0 Å². The van der Waals surface area contributed by atoms with E-state index in [1.54, 1.807) is 48.5 Å². The van der Waals surface area contributed by atoms with Crippen molar-refractivity contribution in [3.8, 4) is 0 Å². The highest BCUT2D eigenvalue weighted by Crippen LogP contribution is 2.19. The van der Waals surface area contributed by atoms with Crippen molar-refractivity contribution in [2.24, 2.45) is 0 Å². The number of hydrogen-bond acceptors (Lipinski definition) is 4. The molecule has 7 heteroatoms. The molecule has 0 aliphatic carbocycles. The Morgan fingerprint density at radius 2 is 1.50 bits per heavy atom. The minimum absolute atomic E-state index is 0.335. The van der Waals surface area contributed by atoms with E-state index >= 15 is 0 Å². The first kappa shape index (κ1) is 16.2. The van der Waals surface area contributed by atoms with E-state index in [-0.39, 0.29) is 5.91 Å². The van der Waals surface area contributed by atoms with E-state index in [0.717, 1.165) is 5.69 Å². The zero-order chi connectivity index (χ0) is 16.9. The van der Waals surface area contributed by atoms with Crippen LogP contribution in [0.4, 0.5) is 17.3 Å². The Balaban J connectivity index is 1.67. The lowest BCUT2D eigenvalue weighted by Gasteiger charge is -2.07. The number of aromatic nitrogens is 2. The van der Waals surface area contributed by atoms with Gasteiger partial charge in [0.05, 0.1) is 10.6 Å². The normalized spacial score (nSPS) is 10.2. The molecule has 1 amide bonds. The molecular weight excluding hydrogens is 347 g/mol. The largest absolute Gasteiger partial charge is 0.339 e. The summed E-state index contributed by atoms with van der Waals surface area (Å²) in [5.41, 5.74) is 1.21. The summed E-state index contributed by atoms with van der Waals surface area (Å²) in [5.74, 6) is 0.544. The molecule has 0 radical (unpaired) electrons. The smallest absolute Gasteiger partial charge is 0.258 e. The number of amides is 1. The average Bonchev–Trinajstić information content (AvgIpc) is 2.59. The number of benzene rings is 2. The number of carbonyl (C=O) groups is 1. The number of carbonyl (C=O) groups excluding carboxylic acids is 1. The van der Waals surface area contributed by atoms with Crippen LogP contribution in [0.2, 0.25) is 10.0 Å². The minimum Gasteiger partial charge on any atom is -0.339 e. The molecule has 0 atom stereocenters. The zero-order valence-electron chi connectivity index (χ0n) is 12.3. The number of hydrogen-bond donors (Lipinski definition) is 2. The highest BCUT2D eigenvalue weighted by molar-refractivity contribution is 6.34. The van der Waals surface area contributed by atoms with Gasteiger partial charge in [0.1, 0.15) is 0 Å². The summed E-state index contributed by atoms with van der Waals surface area (Å²) in [6.45, 7) is 0. The maximum absolute atomic E-state index is 12.2. The number of halogens is 2. The fourth-order valence-corrected chi connectivity index (χ4v) is 2.32. The first-order chi connectivity index (χ1) is 11.6. The standard InChI is InChI=1S/C17H12Cl2N4O/c18-11-5-7-12(8-6-11)20-15-9-10-16(23-22-15)21-17(24)13-3-1-2-4-14(13)19/h1-10H,(H,20,22)(H,21,23,24). The Labute approximate surface area is 148 Å². The highest BCUT2D eigenvalue weighted by atomic mass is 35.5. The molecule has 0 aliphatic heterocycles. The van der Waals surface area contributed by atoms with Crippen molar-refractivity contribution in [2.45, 2.75) is 0 Å². The third-order valence-electron chi connectivity index (χ3n) is 3.14. The quantitative estimate of drug-likeness (QED) is 0.704.